The van der Waals surface area contributed by atoms with E-state index in [0.29, 0.717) is 22.2 Å². The monoisotopic (exact) mass is 416 g/mol. The van der Waals surface area contributed by atoms with E-state index in [4.69, 9.17) is 33.1 Å². The van der Waals surface area contributed by atoms with E-state index in [1.54, 1.807) is 25.1 Å². The predicted molar refractivity (Wildman–Crippen MR) is 102 cm³/mol. The molecule has 26 heavy (non-hydrogen) atoms. The number of carbonyl (C=O) groups is 1. The van der Waals surface area contributed by atoms with Crippen LogP contribution in [0.3, 0.4) is 0 Å². The van der Waals surface area contributed by atoms with Crippen molar-refractivity contribution in [1.82, 2.24) is 0 Å². The summed E-state index contributed by atoms with van der Waals surface area (Å²) in [5.41, 5.74) is 1.09. The molecule has 9 heteroatoms. The summed E-state index contributed by atoms with van der Waals surface area (Å²) in [6, 6.07) is 9.30. The molecule has 0 radical (unpaired) electrons. The Morgan fingerprint density at radius 2 is 1.92 bits per heavy atom. The molecular formula is C17H18Cl2N2O4S. The molecule has 0 aliphatic carbocycles. The van der Waals surface area contributed by atoms with Gasteiger partial charge in [0.2, 0.25) is 15.9 Å². The topological polar surface area (TPSA) is 98.5 Å². The van der Waals surface area contributed by atoms with Crippen LogP contribution in [0.5, 0.6) is 5.75 Å². The number of halogens is 2. The van der Waals surface area contributed by atoms with Gasteiger partial charge in [-0.05, 0) is 42.3 Å². The van der Waals surface area contributed by atoms with E-state index < -0.39 is 15.9 Å². The fourth-order valence-corrected chi connectivity index (χ4v) is 3.56. The molecule has 0 bridgehead atoms. The molecule has 1 unspecified atom stereocenters. The van der Waals surface area contributed by atoms with Gasteiger partial charge in [-0.15, -0.1) is 0 Å². The number of nitrogens with one attached hydrogen (secondary N) is 1. The van der Waals surface area contributed by atoms with Crippen LogP contribution in [-0.4, -0.2) is 21.4 Å². The fraction of sp³-hybridized carbons (Fsp3) is 0.235. The van der Waals surface area contributed by atoms with Gasteiger partial charge < -0.3 is 10.1 Å². The van der Waals surface area contributed by atoms with Crippen LogP contribution in [0.25, 0.3) is 0 Å². The zero-order valence-electron chi connectivity index (χ0n) is 14.1. The Hall–Kier alpha value is -1.80. The number of hydrogen-bond donors (Lipinski definition) is 2. The molecule has 2 aromatic carbocycles. The molecule has 3 N–H and O–H groups in total. The summed E-state index contributed by atoms with van der Waals surface area (Å²) in [4.78, 5) is 12.2. The van der Waals surface area contributed by atoms with E-state index in [0.717, 1.165) is 5.56 Å². The van der Waals surface area contributed by atoms with Crippen LogP contribution in [-0.2, 0) is 21.2 Å². The van der Waals surface area contributed by atoms with Crippen LogP contribution < -0.4 is 15.2 Å². The Morgan fingerprint density at radius 3 is 2.50 bits per heavy atom. The summed E-state index contributed by atoms with van der Waals surface area (Å²) in [7, 11) is -2.66. The minimum Gasteiger partial charge on any atom is -0.495 e. The van der Waals surface area contributed by atoms with Gasteiger partial charge in [-0.1, -0.05) is 36.2 Å². The van der Waals surface area contributed by atoms with Gasteiger partial charge in [-0.2, -0.15) is 0 Å². The van der Waals surface area contributed by atoms with E-state index in [9.17, 15) is 13.2 Å². The van der Waals surface area contributed by atoms with Crippen molar-refractivity contribution in [1.29, 1.82) is 0 Å². The minimum atomic E-state index is -3.99. The SMILES string of the molecule is COc1ccc(NC(=O)C(C)Cc2ccc(Cl)cc2Cl)cc1S(N)(=O)=O. The average Bonchev–Trinajstić information content (AvgIpc) is 2.56. The Labute approximate surface area is 162 Å². The van der Waals surface area contributed by atoms with Gasteiger partial charge in [0.1, 0.15) is 10.6 Å². The van der Waals surface area contributed by atoms with Gasteiger partial charge >= 0.3 is 0 Å². The molecule has 0 fully saturated rings. The first kappa shape index (κ1) is 20.5. The Kier molecular flexibility index (Phi) is 6.52. The van der Waals surface area contributed by atoms with E-state index in [1.165, 1.54) is 25.3 Å². The molecule has 0 heterocycles. The molecule has 0 aliphatic heterocycles. The molecule has 0 spiro atoms. The van der Waals surface area contributed by atoms with Crippen molar-refractivity contribution in [2.75, 3.05) is 12.4 Å². The number of rotatable bonds is 6. The molecule has 0 aliphatic rings. The van der Waals surface area contributed by atoms with Crippen LogP contribution in [0.15, 0.2) is 41.3 Å². The number of sulfonamides is 1. The van der Waals surface area contributed by atoms with Gasteiger partial charge in [-0.25, -0.2) is 13.6 Å². The molecule has 0 saturated heterocycles. The standard InChI is InChI=1S/C17H18Cl2N2O4S/c1-10(7-11-3-4-12(18)8-14(11)19)17(22)21-13-5-6-15(25-2)16(9-13)26(20,23)24/h3-6,8-10H,7H2,1-2H3,(H,21,22)(H2,20,23,24). The molecule has 0 saturated carbocycles. The normalized spacial score (nSPS) is 12.5. The van der Waals surface area contributed by atoms with Crippen molar-refractivity contribution in [2.45, 2.75) is 18.2 Å². The van der Waals surface area contributed by atoms with Gasteiger partial charge in [0, 0.05) is 21.7 Å². The number of nitrogens with two attached hydrogens (primary N) is 1. The second-order valence-electron chi connectivity index (χ2n) is 5.74. The highest BCUT2D eigenvalue weighted by Crippen LogP contribution is 2.27. The maximum Gasteiger partial charge on any atom is 0.241 e. The van der Waals surface area contributed by atoms with Crippen LogP contribution in [0.4, 0.5) is 5.69 Å². The quantitative estimate of drug-likeness (QED) is 0.752. The first-order valence-corrected chi connectivity index (χ1v) is 9.87. The smallest absolute Gasteiger partial charge is 0.241 e. The highest BCUT2D eigenvalue weighted by molar-refractivity contribution is 7.89. The zero-order chi connectivity index (χ0) is 19.5. The maximum atomic E-state index is 12.4. The van der Waals surface area contributed by atoms with Crippen molar-refractivity contribution in [3.8, 4) is 5.75 Å². The average molecular weight is 417 g/mol. The minimum absolute atomic E-state index is 0.103. The van der Waals surface area contributed by atoms with E-state index >= 15 is 0 Å². The third kappa shape index (κ3) is 5.11. The molecule has 2 aromatic rings. The predicted octanol–water partition coefficient (Wildman–Crippen LogP) is 3.47. The molecule has 140 valence electrons. The van der Waals surface area contributed by atoms with Crippen LogP contribution in [0, 0.1) is 5.92 Å². The maximum absolute atomic E-state index is 12.4. The van der Waals surface area contributed by atoms with Gasteiger partial charge in [0.15, 0.2) is 0 Å². The Balaban J connectivity index is 2.16. The molecular weight excluding hydrogens is 399 g/mol. The molecule has 1 amide bonds. The lowest BCUT2D eigenvalue weighted by molar-refractivity contribution is -0.119. The zero-order valence-corrected chi connectivity index (χ0v) is 16.5. The highest BCUT2D eigenvalue weighted by Gasteiger charge is 2.19. The lowest BCUT2D eigenvalue weighted by Gasteiger charge is -2.15. The number of methoxy groups -OCH3 is 1. The number of anilines is 1. The number of ether oxygens (including phenoxy) is 1. The van der Waals surface area contributed by atoms with Gasteiger partial charge in [0.25, 0.3) is 0 Å². The summed E-state index contributed by atoms with van der Waals surface area (Å²) in [6.07, 6.45) is 0.403. The van der Waals surface area contributed by atoms with Crippen LogP contribution >= 0.6 is 23.2 Å². The second-order valence-corrected chi connectivity index (χ2v) is 8.11. The number of benzene rings is 2. The van der Waals surface area contributed by atoms with Gasteiger partial charge in [-0.3, -0.25) is 4.79 Å². The van der Waals surface area contributed by atoms with Crippen LogP contribution in [0.2, 0.25) is 10.0 Å². The number of primary sulfonamides is 1. The van der Waals surface area contributed by atoms with E-state index in [1.807, 2.05) is 0 Å². The third-order valence-electron chi connectivity index (χ3n) is 3.73. The van der Waals surface area contributed by atoms with Gasteiger partial charge in [0.05, 0.1) is 7.11 Å². The second kappa shape index (κ2) is 8.26. The van der Waals surface area contributed by atoms with Crippen LogP contribution in [0.1, 0.15) is 12.5 Å². The lowest BCUT2D eigenvalue weighted by Crippen LogP contribution is -2.22. The third-order valence-corrected chi connectivity index (χ3v) is 5.25. The first-order chi connectivity index (χ1) is 12.1. The molecule has 0 aromatic heterocycles. The molecule has 2 rings (SSSR count). The summed E-state index contributed by atoms with van der Waals surface area (Å²) in [6.45, 7) is 1.74. The van der Waals surface area contributed by atoms with Crippen molar-refractivity contribution < 1.29 is 17.9 Å². The van der Waals surface area contributed by atoms with E-state index in [2.05, 4.69) is 5.32 Å². The number of carbonyl (C=O) groups excluding carboxylic acids is 1. The fourth-order valence-electron chi connectivity index (χ4n) is 2.35. The molecule has 6 nitrogen and oxygen atoms in total. The lowest BCUT2D eigenvalue weighted by atomic mass is 10.00. The highest BCUT2D eigenvalue weighted by atomic mass is 35.5. The Bertz CT molecular complexity index is 932. The first-order valence-electron chi connectivity index (χ1n) is 7.57. The van der Waals surface area contributed by atoms with Crippen molar-refractivity contribution in [3.63, 3.8) is 0 Å². The largest absolute Gasteiger partial charge is 0.495 e. The summed E-state index contributed by atoms with van der Waals surface area (Å²) in [5.74, 6) is -0.596. The van der Waals surface area contributed by atoms with Crippen molar-refractivity contribution in [2.24, 2.45) is 11.1 Å². The molecule has 1 atom stereocenters. The number of hydrogen-bond acceptors (Lipinski definition) is 4. The Morgan fingerprint density at radius 1 is 1.23 bits per heavy atom. The summed E-state index contributed by atoms with van der Waals surface area (Å²) < 4.78 is 28.3. The number of amides is 1. The summed E-state index contributed by atoms with van der Waals surface area (Å²) >= 11 is 12.0. The summed E-state index contributed by atoms with van der Waals surface area (Å²) in [5, 5.41) is 8.85. The van der Waals surface area contributed by atoms with E-state index in [-0.39, 0.29) is 16.6 Å². The van der Waals surface area contributed by atoms with Crippen molar-refractivity contribution in [3.05, 3.63) is 52.0 Å². The van der Waals surface area contributed by atoms with Crippen molar-refractivity contribution >= 4 is 44.8 Å².